The van der Waals surface area contributed by atoms with Gasteiger partial charge in [0.1, 0.15) is 25.1 Å². The molecule has 0 aliphatic rings. The van der Waals surface area contributed by atoms with E-state index in [-0.39, 0.29) is 13.2 Å². The Balaban J connectivity index is 1.86. The fourth-order valence-electron chi connectivity index (χ4n) is 2.67. The molecule has 0 fully saturated rings. The molecule has 0 amide bonds. The van der Waals surface area contributed by atoms with E-state index in [0.29, 0.717) is 11.3 Å². The van der Waals surface area contributed by atoms with Gasteiger partial charge in [0, 0.05) is 20.8 Å². The van der Waals surface area contributed by atoms with Crippen LogP contribution in [0.3, 0.4) is 0 Å². The van der Waals surface area contributed by atoms with E-state index in [2.05, 4.69) is 28.6 Å². The summed E-state index contributed by atoms with van der Waals surface area (Å²) in [5.74, 6) is 0.174. The summed E-state index contributed by atoms with van der Waals surface area (Å²) in [6.45, 7) is 4.94. The topological polar surface area (TPSA) is 55.8 Å². The Labute approximate surface area is 160 Å². The predicted molar refractivity (Wildman–Crippen MR) is 106 cm³/mol. The first kappa shape index (κ1) is 18.4. The maximum atomic E-state index is 11.4. The molecule has 0 bridgehead atoms. The lowest BCUT2D eigenvalue weighted by Crippen LogP contribution is -2.25. The van der Waals surface area contributed by atoms with E-state index in [1.807, 2.05) is 42.5 Å². The Morgan fingerprint density at radius 1 is 1.12 bits per heavy atom. The molecule has 0 heterocycles. The molecule has 3 rings (SSSR count). The van der Waals surface area contributed by atoms with Crippen LogP contribution in [0.5, 0.6) is 5.75 Å². The fraction of sp³-hybridized carbons (Fsp3) is 0.190. The Hall–Kier alpha value is -2.37. The molecule has 0 spiro atoms. The van der Waals surface area contributed by atoms with Gasteiger partial charge < -0.3 is 14.6 Å². The van der Waals surface area contributed by atoms with Crippen molar-refractivity contribution < 1.29 is 19.4 Å². The number of aliphatic hydroxyl groups is 1. The minimum absolute atomic E-state index is 0.0130. The average molecular weight is 415 g/mol. The summed E-state index contributed by atoms with van der Waals surface area (Å²) < 4.78 is 11.9. The summed E-state index contributed by atoms with van der Waals surface area (Å²) >= 11 is 3.49. The molecule has 1 atom stereocenters. The highest BCUT2D eigenvalue weighted by atomic mass is 79.9. The Kier molecular flexibility index (Phi) is 5.59. The van der Waals surface area contributed by atoms with Crippen LogP contribution in [0.25, 0.3) is 21.5 Å². The number of carbonyl (C=O) groups is 1. The second-order valence-corrected chi connectivity index (χ2v) is 7.05. The van der Waals surface area contributed by atoms with Crippen LogP contribution in [-0.4, -0.2) is 30.4 Å². The second-order valence-electron chi connectivity index (χ2n) is 6.14. The number of halogens is 1. The van der Waals surface area contributed by atoms with Crippen LogP contribution in [0.4, 0.5) is 0 Å². The third kappa shape index (κ3) is 4.06. The Bertz CT molecular complexity index is 980. The highest BCUT2D eigenvalue weighted by Gasteiger charge is 2.14. The molecule has 134 valence electrons. The van der Waals surface area contributed by atoms with E-state index in [9.17, 15) is 9.90 Å². The van der Waals surface area contributed by atoms with Crippen LogP contribution in [0.15, 0.2) is 65.2 Å². The van der Waals surface area contributed by atoms with Gasteiger partial charge in [0.15, 0.2) is 0 Å². The van der Waals surface area contributed by atoms with Gasteiger partial charge in [0.2, 0.25) is 0 Å². The lowest BCUT2D eigenvalue weighted by molar-refractivity contribution is -0.142. The minimum Gasteiger partial charge on any atom is -0.489 e. The third-order valence-electron chi connectivity index (χ3n) is 3.95. The standard InChI is InChI=1S/C21H19BrO4/c1-13(2)21(24)26-12-17(23)11-25-20-18-6-4-3-5-14(18)9-15-7-8-16(22)10-19(15)20/h3-10,17,23H,1,11-12H2,2H3. The minimum atomic E-state index is -0.931. The molecule has 0 saturated heterocycles. The Morgan fingerprint density at radius 3 is 2.62 bits per heavy atom. The van der Waals surface area contributed by atoms with Gasteiger partial charge in [-0.05, 0) is 35.9 Å². The van der Waals surface area contributed by atoms with Crippen molar-refractivity contribution in [1.82, 2.24) is 0 Å². The van der Waals surface area contributed by atoms with Gasteiger partial charge >= 0.3 is 5.97 Å². The molecule has 3 aromatic rings. The number of aliphatic hydroxyl groups excluding tert-OH is 1. The highest BCUT2D eigenvalue weighted by molar-refractivity contribution is 9.10. The van der Waals surface area contributed by atoms with Crippen molar-refractivity contribution >= 4 is 43.4 Å². The zero-order valence-electron chi connectivity index (χ0n) is 14.4. The molecule has 0 aliphatic heterocycles. The predicted octanol–water partition coefficient (Wildman–Crippen LogP) is 4.61. The second kappa shape index (κ2) is 7.89. The number of esters is 1. The van der Waals surface area contributed by atoms with Crippen molar-refractivity contribution in [3.05, 3.63) is 65.2 Å². The number of ether oxygens (including phenoxy) is 2. The average Bonchev–Trinajstić information content (AvgIpc) is 2.63. The molecule has 3 aromatic carbocycles. The largest absolute Gasteiger partial charge is 0.489 e. The maximum absolute atomic E-state index is 11.4. The summed E-state index contributed by atoms with van der Waals surface area (Å²) in [5, 5.41) is 14.1. The lowest BCUT2D eigenvalue weighted by Gasteiger charge is -2.16. The lowest BCUT2D eigenvalue weighted by atomic mass is 10.0. The van der Waals surface area contributed by atoms with Crippen molar-refractivity contribution in [2.24, 2.45) is 0 Å². The smallest absolute Gasteiger partial charge is 0.333 e. The van der Waals surface area contributed by atoms with E-state index in [1.54, 1.807) is 6.92 Å². The number of hydrogen-bond donors (Lipinski definition) is 1. The molecule has 26 heavy (non-hydrogen) atoms. The van der Waals surface area contributed by atoms with Crippen molar-refractivity contribution in [2.75, 3.05) is 13.2 Å². The molecule has 1 N–H and O–H groups in total. The molecule has 5 heteroatoms. The molecular weight excluding hydrogens is 396 g/mol. The van der Waals surface area contributed by atoms with Crippen LogP contribution in [0.1, 0.15) is 6.92 Å². The van der Waals surface area contributed by atoms with Crippen molar-refractivity contribution in [2.45, 2.75) is 13.0 Å². The van der Waals surface area contributed by atoms with Crippen molar-refractivity contribution in [3.63, 3.8) is 0 Å². The van der Waals surface area contributed by atoms with Crippen LogP contribution in [-0.2, 0) is 9.53 Å². The third-order valence-corrected chi connectivity index (χ3v) is 4.44. The molecule has 0 radical (unpaired) electrons. The first-order valence-corrected chi connectivity index (χ1v) is 8.99. The fourth-order valence-corrected chi connectivity index (χ4v) is 3.03. The highest BCUT2D eigenvalue weighted by Crippen LogP contribution is 2.36. The summed E-state index contributed by atoms with van der Waals surface area (Å²) in [7, 11) is 0. The van der Waals surface area contributed by atoms with Gasteiger partial charge in [-0.1, -0.05) is 52.8 Å². The molecule has 0 aliphatic carbocycles. The van der Waals surface area contributed by atoms with Crippen molar-refractivity contribution in [3.8, 4) is 5.75 Å². The van der Waals surface area contributed by atoms with E-state index in [1.165, 1.54) is 0 Å². The molecule has 1 unspecified atom stereocenters. The molecule has 0 aromatic heterocycles. The number of hydrogen-bond acceptors (Lipinski definition) is 4. The summed E-state index contributed by atoms with van der Waals surface area (Å²) in [5.41, 5.74) is 0.294. The summed E-state index contributed by atoms with van der Waals surface area (Å²) in [6, 6.07) is 16.0. The van der Waals surface area contributed by atoms with Gasteiger partial charge in [0.25, 0.3) is 0 Å². The monoisotopic (exact) mass is 414 g/mol. The SMILES string of the molecule is C=C(C)C(=O)OCC(O)COc1c2ccccc2cc2ccc(Br)cc12. The van der Waals surface area contributed by atoms with E-state index >= 15 is 0 Å². The van der Waals surface area contributed by atoms with E-state index in [4.69, 9.17) is 9.47 Å². The number of carbonyl (C=O) groups excluding carboxylic acids is 1. The summed E-state index contributed by atoms with van der Waals surface area (Å²) in [6.07, 6.45) is -0.931. The van der Waals surface area contributed by atoms with Crippen LogP contribution >= 0.6 is 15.9 Å². The first-order chi connectivity index (χ1) is 12.5. The molecular formula is C21H19BrO4. The number of rotatable bonds is 6. The van der Waals surface area contributed by atoms with Gasteiger partial charge in [-0.25, -0.2) is 4.79 Å². The van der Waals surface area contributed by atoms with Gasteiger partial charge in [-0.2, -0.15) is 0 Å². The van der Waals surface area contributed by atoms with Gasteiger partial charge in [0.05, 0.1) is 0 Å². The van der Waals surface area contributed by atoms with E-state index in [0.717, 1.165) is 26.0 Å². The molecule has 4 nitrogen and oxygen atoms in total. The zero-order chi connectivity index (χ0) is 18.7. The van der Waals surface area contributed by atoms with Crippen molar-refractivity contribution in [1.29, 1.82) is 0 Å². The number of benzene rings is 3. The zero-order valence-corrected chi connectivity index (χ0v) is 16.0. The van der Waals surface area contributed by atoms with Gasteiger partial charge in [-0.3, -0.25) is 0 Å². The van der Waals surface area contributed by atoms with Crippen LogP contribution < -0.4 is 4.74 Å². The maximum Gasteiger partial charge on any atom is 0.333 e. The first-order valence-electron chi connectivity index (χ1n) is 8.20. The normalized spacial score (nSPS) is 12.1. The Morgan fingerprint density at radius 2 is 1.85 bits per heavy atom. The van der Waals surface area contributed by atoms with Crippen LogP contribution in [0, 0.1) is 0 Å². The summed E-state index contributed by atoms with van der Waals surface area (Å²) in [4.78, 5) is 11.4. The molecule has 0 saturated carbocycles. The quantitative estimate of drug-likeness (QED) is 0.363. The van der Waals surface area contributed by atoms with Crippen LogP contribution in [0.2, 0.25) is 0 Å². The van der Waals surface area contributed by atoms with Gasteiger partial charge in [-0.15, -0.1) is 0 Å². The number of fused-ring (bicyclic) bond motifs is 2. The van der Waals surface area contributed by atoms with E-state index < -0.39 is 12.1 Å².